The highest BCUT2D eigenvalue weighted by Crippen LogP contribution is 2.11. The highest BCUT2D eigenvalue weighted by atomic mass is 32.2. The number of aromatic carboxylic acids is 1. The lowest BCUT2D eigenvalue weighted by Gasteiger charge is -2.05. The fourth-order valence-corrected chi connectivity index (χ4v) is 2.47. The molecule has 0 atom stereocenters. The zero-order valence-corrected chi connectivity index (χ0v) is 11.2. The Labute approximate surface area is 114 Å². The van der Waals surface area contributed by atoms with Crippen LogP contribution in [-0.4, -0.2) is 39.7 Å². The molecule has 0 aromatic carbocycles. The van der Waals surface area contributed by atoms with E-state index in [9.17, 15) is 13.2 Å². The molecule has 10 heteroatoms. The van der Waals surface area contributed by atoms with Gasteiger partial charge in [-0.15, -0.1) is 0 Å². The van der Waals surface area contributed by atoms with Gasteiger partial charge in [0.2, 0.25) is 0 Å². The summed E-state index contributed by atoms with van der Waals surface area (Å²) in [5, 5.41) is 13.9. The van der Waals surface area contributed by atoms with Crippen LogP contribution >= 0.6 is 0 Å². The Balaban J connectivity index is 2.17. The Bertz CT molecular complexity index is 722. The summed E-state index contributed by atoms with van der Waals surface area (Å²) in [4.78, 5) is 18.8. The minimum absolute atomic E-state index is 0.103. The van der Waals surface area contributed by atoms with E-state index in [2.05, 4.69) is 24.9 Å². The lowest BCUT2D eigenvalue weighted by molar-refractivity contribution is 0.0692. The first-order valence-corrected chi connectivity index (χ1v) is 6.92. The van der Waals surface area contributed by atoms with Crippen molar-refractivity contribution in [3.63, 3.8) is 0 Å². The van der Waals surface area contributed by atoms with Crippen LogP contribution in [-0.2, 0) is 16.6 Å². The third-order valence-electron chi connectivity index (χ3n) is 2.38. The molecule has 0 aliphatic rings. The maximum Gasteiger partial charge on any atom is 0.340 e. The summed E-state index contributed by atoms with van der Waals surface area (Å²) < 4.78 is 26.2. The third-order valence-corrected chi connectivity index (χ3v) is 3.75. The summed E-state index contributed by atoms with van der Waals surface area (Å²) >= 11 is 0. The summed E-state index contributed by atoms with van der Waals surface area (Å²) in [5.41, 5.74) is 0.696. The molecular formula is C10H11N5O4S. The van der Waals surface area contributed by atoms with E-state index in [4.69, 9.17) is 5.11 Å². The van der Waals surface area contributed by atoms with Crippen LogP contribution in [0, 0.1) is 6.92 Å². The molecule has 0 aliphatic carbocycles. The largest absolute Gasteiger partial charge is 0.478 e. The van der Waals surface area contributed by atoms with Crippen LogP contribution in [0.3, 0.4) is 0 Å². The number of H-pyrrole nitrogens is 1. The predicted octanol–water partition coefficient (Wildman–Crippen LogP) is -0.315. The molecule has 2 aromatic rings. The van der Waals surface area contributed by atoms with Crippen molar-refractivity contribution >= 4 is 16.0 Å². The maximum absolute atomic E-state index is 12.0. The van der Waals surface area contributed by atoms with Gasteiger partial charge in [0.15, 0.2) is 5.03 Å². The van der Waals surface area contributed by atoms with E-state index in [1.165, 1.54) is 12.4 Å². The molecule has 0 saturated carbocycles. The average molecular weight is 297 g/mol. The number of sulfonamides is 1. The molecule has 2 rings (SSSR count). The number of carboxylic acid groups (broad SMARTS) is 1. The van der Waals surface area contributed by atoms with Gasteiger partial charge < -0.3 is 5.11 Å². The molecule has 0 unspecified atom stereocenters. The number of aromatic nitrogens is 4. The van der Waals surface area contributed by atoms with Gasteiger partial charge in [0.05, 0.1) is 30.3 Å². The van der Waals surface area contributed by atoms with E-state index in [0.29, 0.717) is 11.4 Å². The number of aromatic amines is 1. The molecule has 0 fully saturated rings. The first-order chi connectivity index (χ1) is 9.40. The second kappa shape index (κ2) is 5.35. The second-order valence-corrected chi connectivity index (χ2v) is 5.60. The monoisotopic (exact) mass is 297 g/mol. The molecule has 9 nitrogen and oxygen atoms in total. The van der Waals surface area contributed by atoms with Crippen molar-refractivity contribution in [3.8, 4) is 0 Å². The van der Waals surface area contributed by atoms with Crippen LogP contribution < -0.4 is 4.72 Å². The van der Waals surface area contributed by atoms with Gasteiger partial charge in [0.1, 0.15) is 5.56 Å². The number of hydrogen-bond donors (Lipinski definition) is 3. The Hall–Kier alpha value is -2.33. The Kier molecular flexibility index (Phi) is 3.77. The lowest BCUT2D eigenvalue weighted by atomic mass is 10.4. The SMILES string of the molecule is Cc1cnc(CNS(=O)(=O)c2[nH]ncc2C(=O)O)cn1. The van der Waals surface area contributed by atoms with Crippen LogP contribution in [0.5, 0.6) is 0 Å². The maximum atomic E-state index is 12.0. The Morgan fingerprint density at radius 2 is 2.10 bits per heavy atom. The molecule has 3 N–H and O–H groups in total. The minimum Gasteiger partial charge on any atom is -0.478 e. The van der Waals surface area contributed by atoms with Crippen molar-refractivity contribution in [3.05, 3.63) is 35.5 Å². The molecule has 0 aliphatic heterocycles. The van der Waals surface area contributed by atoms with E-state index >= 15 is 0 Å². The summed E-state index contributed by atoms with van der Waals surface area (Å²) in [6, 6.07) is 0. The summed E-state index contributed by atoms with van der Waals surface area (Å²) in [5.74, 6) is -1.38. The number of nitrogens with zero attached hydrogens (tertiary/aromatic N) is 3. The third kappa shape index (κ3) is 2.97. The number of carboxylic acids is 1. The number of aryl methyl sites for hydroxylation is 1. The van der Waals surface area contributed by atoms with E-state index in [1.54, 1.807) is 6.92 Å². The van der Waals surface area contributed by atoms with Gasteiger partial charge >= 0.3 is 5.97 Å². The second-order valence-electron chi connectivity index (χ2n) is 3.89. The van der Waals surface area contributed by atoms with Crippen LogP contribution in [0.4, 0.5) is 0 Å². The lowest BCUT2D eigenvalue weighted by Crippen LogP contribution is -2.25. The van der Waals surface area contributed by atoms with Gasteiger partial charge in [-0.2, -0.15) is 5.10 Å². The van der Waals surface area contributed by atoms with Crippen molar-refractivity contribution in [1.82, 2.24) is 24.9 Å². The highest BCUT2D eigenvalue weighted by molar-refractivity contribution is 7.89. The number of nitrogens with one attached hydrogen (secondary N) is 2. The summed E-state index contributed by atoms with van der Waals surface area (Å²) in [7, 11) is -4.02. The number of carbonyl (C=O) groups is 1. The van der Waals surface area contributed by atoms with Gasteiger partial charge in [-0.05, 0) is 6.92 Å². The predicted molar refractivity (Wildman–Crippen MR) is 66.3 cm³/mol. The first-order valence-electron chi connectivity index (χ1n) is 5.44. The molecular weight excluding hydrogens is 286 g/mol. The Morgan fingerprint density at radius 1 is 1.35 bits per heavy atom. The molecule has 0 spiro atoms. The number of hydrogen-bond acceptors (Lipinski definition) is 6. The van der Waals surface area contributed by atoms with Gasteiger partial charge in [-0.1, -0.05) is 0 Å². The van der Waals surface area contributed by atoms with Crippen molar-refractivity contribution in [2.24, 2.45) is 0 Å². The van der Waals surface area contributed by atoms with Gasteiger partial charge in [0, 0.05) is 6.20 Å². The van der Waals surface area contributed by atoms with Crippen molar-refractivity contribution in [2.75, 3.05) is 0 Å². The topological polar surface area (TPSA) is 138 Å². The van der Waals surface area contributed by atoms with Crippen molar-refractivity contribution < 1.29 is 18.3 Å². The highest BCUT2D eigenvalue weighted by Gasteiger charge is 2.24. The quantitative estimate of drug-likeness (QED) is 0.687. The van der Waals surface area contributed by atoms with E-state index in [0.717, 1.165) is 6.20 Å². The zero-order valence-electron chi connectivity index (χ0n) is 10.4. The minimum atomic E-state index is -4.02. The molecule has 0 bridgehead atoms. The summed E-state index contributed by atoms with van der Waals surface area (Å²) in [6.07, 6.45) is 3.87. The van der Waals surface area contributed by atoms with Gasteiger partial charge in [0.25, 0.3) is 10.0 Å². The molecule has 2 heterocycles. The molecule has 20 heavy (non-hydrogen) atoms. The van der Waals surface area contributed by atoms with E-state index < -0.39 is 26.6 Å². The summed E-state index contributed by atoms with van der Waals surface area (Å²) in [6.45, 7) is 1.65. The van der Waals surface area contributed by atoms with Crippen molar-refractivity contribution in [1.29, 1.82) is 0 Å². The molecule has 2 aromatic heterocycles. The fourth-order valence-electron chi connectivity index (χ4n) is 1.38. The van der Waals surface area contributed by atoms with Gasteiger partial charge in [-0.3, -0.25) is 15.1 Å². The smallest absolute Gasteiger partial charge is 0.340 e. The first kappa shape index (κ1) is 14.1. The van der Waals surface area contributed by atoms with Crippen LogP contribution in [0.2, 0.25) is 0 Å². The molecule has 106 valence electrons. The standard InChI is InChI=1S/C10H11N5O4S/c1-6-2-12-7(3-11-6)4-14-20(18,19)9-8(10(16)17)5-13-15-9/h2-3,5,14H,4H2,1H3,(H,13,15)(H,16,17). The number of rotatable bonds is 5. The zero-order chi connectivity index (χ0) is 14.8. The van der Waals surface area contributed by atoms with Crippen LogP contribution in [0.25, 0.3) is 0 Å². The Morgan fingerprint density at radius 3 is 2.70 bits per heavy atom. The van der Waals surface area contributed by atoms with Crippen LogP contribution in [0.1, 0.15) is 21.7 Å². The van der Waals surface area contributed by atoms with Crippen molar-refractivity contribution in [2.45, 2.75) is 18.5 Å². The van der Waals surface area contributed by atoms with Gasteiger partial charge in [-0.25, -0.2) is 17.9 Å². The molecule has 0 saturated heterocycles. The molecule has 0 radical (unpaired) electrons. The fraction of sp³-hybridized carbons (Fsp3) is 0.200. The van der Waals surface area contributed by atoms with E-state index in [-0.39, 0.29) is 6.54 Å². The molecule has 0 amide bonds. The average Bonchev–Trinajstić information content (AvgIpc) is 2.88. The van der Waals surface area contributed by atoms with E-state index in [1.807, 2.05) is 0 Å². The van der Waals surface area contributed by atoms with Crippen LogP contribution in [0.15, 0.2) is 23.6 Å². The normalized spacial score (nSPS) is 11.4.